The van der Waals surface area contributed by atoms with Gasteiger partial charge in [-0.1, -0.05) is 30.3 Å². The lowest BCUT2D eigenvalue weighted by Gasteiger charge is -2.00. The van der Waals surface area contributed by atoms with Crippen molar-refractivity contribution in [3.63, 3.8) is 0 Å². The molecule has 2 N–H and O–H groups in total. The van der Waals surface area contributed by atoms with E-state index in [1.165, 1.54) is 0 Å². The van der Waals surface area contributed by atoms with Gasteiger partial charge in [0.05, 0.1) is 6.33 Å². The van der Waals surface area contributed by atoms with Crippen molar-refractivity contribution in [1.29, 1.82) is 0 Å². The van der Waals surface area contributed by atoms with Crippen LogP contribution in [0.4, 0.5) is 4.39 Å². The van der Waals surface area contributed by atoms with Gasteiger partial charge in [0.1, 0.15) is 0 Å². The van der Waals surface area contributed by atoms with Crippen LogP contribution >= 0.6 is 0 Å². The van der Waals surface area contributed by atoms with E-state index in [4.69, 9.17) is 5.73 Å². The molecule has 0 fully saturated rings. The molecule has 58 valence electrons. The van der Waals surface area contributed by atoms with Crippen LogP contribution in [-0.2, 0) is 0 Å². The smallest absolute Gasteiger partial charge is 0.0917 e. The van der Waals surface area contributed by atoms with Crippen molar-refractivity contribution in [3.05, 3.63) is 42.2 Å². The quantitative estimate of drug-likeness (QED) is 0.687. The van der Waals surface area contributed by atoms with E-state index in [1.807, 2.05) is 30.3 Å². The maximum atomic E-state index is 12.1. The maximum absolute atomic E-state index is 12.1. The molecule has 1 nitrogen and oxygen atoms in total. The second kappa shape index (κ2) is 3.88. The monoisotopic (exact) mass is 151 g/mol. The Bertz CT molecular complexity index is 241. The molecular formula is C9H10FN. The maximum Gasteiger partial charge on any atom is 0.0917 e. The largest absolute Gasteiger partial charge is 0.326 e. The number of rotatable bonds is 2. The van der Waals surface area contributed by atoms with Crippen molar-refractivity contribution in [2.75, 3.05) is 6.54 Å². The highest BCUT2D eigenvalue weighted by Crippen LogP contribution is 2.11. The predicted octanol–water partition coefficient (Wildman–Crippen LogP) is 1.96. The summed E-state index contributed by atoms with van der Waals surface area (Å²) in [7, 11) is 0. The van der Waals surface area contributed by atoms with E-state index in [1.54, 1.807) is 0 Å². The Balaban J connectivity index is 2.92. The highest BCUT2D eigenvalue weighted by molar-refractivity contribution is 5.65. The van der Waals surface area contributed by atoms with Gasteiger partial charge in [-0.25, -0.2) is 4.39 Å². The Morgan fingerprint density at radius 1 is 1.36 bits per heavy atom. The zero-order chi connectivity index (χ0) is 8.10. The first-order chi connectivity index (χ1) is 5.38. The van der Waals surface area contributed by atoms with Crippen molar-refractivity contribution in [2.24, 2.45) is 5.73 Å². The molecule has 1 aromatic rings. The number of hydrogen-bond acceptors (Lipinski definition) is 1. The molecule has 11 heavy (non-hydrogen) atoms. The van der Waals surface area contributed by atoms with Gasteiger partial charge >= 0.3 is 0 Å². The fourth-order valence-electron chi connectivity index (χ4n) is 0.878. The van der Waals surface area contributed by atoms with Gasteiger partial charge in [0.2, 0.25) is 0 Å². The van der Waals surface area contributed by atoms with Crippen LogP contribution in [0.25, 0.3) is 5.57 Å². The summed E-state index contributed by atoms with van der Waals surface area (Å²) < 4.78 is 12.1. The minimum absolute atomic E-state index is 0.237. The molecule has 2 heteroatoms. The third-order valence-corrected chi connectivity index (χ3v) is 1.50. The van der Waals surface area contributed by atoms with Crippen LogP contribution in [0.3, 0.4) is 0 Å². The van der Waals surface area contributed by atoms with Gasteiger partial charge < -0.3 is 5.73 Å². The van der Waals surface area contributed by atoms with Gasteiger partial charge in [-0.3, -0.25) is 0 Å². The standard InChI is InChI=1S/C9H10FN/c10-6-9(7-11)8-4-2-1-3-5-8/h1-6H,7,11H2/b9-6-. The van der Waals surface area contributed by atoms with E-state index < -0.39 is 0 Å². The van der Waals surface area contributed by atoms with E-state index in [0.29, 0.717) is 11.9 Å². The normalized spacial score (nSPS) is 11.6. The Morgan fingerprint density at radius 3 is 2.45 bits per heavy atom. The van der Waals surface area contributed by atoms with Crippen LogP contribution in [0.15, 0.2) is 36.7 Å². The molecule has 0 spiro atoms. The van der Waals surface area contributed by atoms with Crippen molar-refractivity contribution in [1.82, 2.24) is 0 Å². The summed E-state index contributed by atoms with van der Waals surface area (Å²) in [4.78, 5) is 0. The highest BCUT2D eigenvalue weighted by Gasteiger charge is 1.96. The van der Waals surface area contributed by atoms with Gasteiger partial charge in [0.25, 0.3) is 0 Å². The Kier molecular flexibility index (Phi) is 2.81. The number of benzene rings is 1. The van der Waals surface area contributed by atoms with Gasteiger partial charge in [0, 0.05) is 12.1 Å². The fraction of sp³-hybridized carbons (Fsp3) is 0.111. The first kappa shape index (κ1) is 7.95. The van der Waals surface area contributed by atoms with E-state index in [9.17, 15) is 4.39 Å². The average Bonchev–Trinajstić information content (AvgIpc) is 2.09. The van der Waals surface area contributed by atoms with E-state index in [2.05, 4.69) is 0 Å². The third kappa shape index (κ3) is 1.88. The first-order valence-corrected chi connectivity index (χ1v) is 3.43. The molecule has 0 aliphatic rings. The van der Waals surface area contributed by atoms with Gasteiger partial charge in [-0.2, -0.15) is 0 Å². The molecular weight excluding hydrogens is 141 g/mol. The molecule has 0 radical (unpaired) electrons. The van der Waals surface area contributed by atoms with Crippen molar-refractivity contribution < 1.29 is 4.39 Å². The molecule has 0 heterocycles. The molecule has 0 aromatic heterocycles. The molecule has 0 atom stereocenters. The molecule has 1 rings (SSSR count). The van der Waals surface area contributed by atoms with Crippen LogP contribution in [0.2, 0.25) is 0 Å². The van der Waals surface area contributed by atoms with Crippen molar-refractivity contribution in [2.45, 2.75) is 0 Å². The lowest BCUT2D eigenvalue weighted by Crippen LogP contribution is -2.01. The van der Waals surface area contributed by atoms with Gasteiger partial charge in [-0.05, 0) is 5.56 Å². The van der Waals surface area contributed by atoms with E-state index in [-0.39, 0.29) is 6.54 Å². The molecule has 0 amide bonds. The van der Waals surface area contributed by atoms with E-state index in [0.717, 1.165) is 5.56 Å². The number of nitrogens with two attached hydrogens (primary N) is 1. The fourth-order valence-corrected chi connectivity index (χ4v) is 0.878. The molecule has 0 aliphatic carbocycles. The summed E-state index contributed by atoms with van der Waals surface area (Å²) in [5.74, 6) is 0. The molecule has 0 saturated carbocycles. The second-order valence-electron chi connectivity index (χ2n) is 2.20. The summed E-state index contributed by atoms with van der Waals surface area (Å²) in [6.07, 6.45) is 0.551. The minimum atomic E-state index is 0.237. The van der Waals surface area contributed by atoms with Crippen LogP contribution in [-0.4, -0.2) is 6.54 Å². The highest BCUT2D eigenvalue weighted by atomic mass is 19.1. The zero-order valence-corrected chi connectivity index (χ0v) is 6.13. The molecule has 0 bridgehead atoms. The van der Waals surface area contributed by atoms with Gasteiger partial charge in [0.15, 0.2) is 0 Å². The average molecular weight is 151 g/mol. The Hall–Kier alpha value is -1.15. The minimum Gasteiger partial charge on any atom is -0.326 e. The second-order valence-corrected chi connectivity index (χ2v) is 2.20. The summed E-state index contributed by atoms with van der Waals surface area (Å²) in [5, 5.41) is 0. The van der Waals surface area contributed by atoms with E-state index >= 15 is 0 Å². The zero-order valence-electron chi connectivity index (χ0n) is 6.13. The molecule has 0 unspecified atom stereocenters. The third-order valence-electron chi connectivity index (χ3n) is 1.50. The topological polar surface area (TPSA) is 26.0 Å². The summed E-state index contributed by atoms with van der Waals surface area (Å²) in [6, 6.07) is 9.26. The summed E-state index contributed by atoms with van der Waals surface area (Å²) >= 11 is 0. The van der Waals surface area contributed by atoms with Crippen molar-refractivity contribution >= 4 is 5.57 Å². The van der Waals surface area contributed by atoms with Crippen molar-refractivity contribution in [3.8, 4) is 0 Å². The molecule has 0 saturated heterocycles. The SMILES string of the molecule is NC/C(=C/F)c1ccccc1. The Labute approximate surface area is 65.3 Å². The number of hydrogen-bond donors (Lipinski definition) is 1. The lowest BCUT2D eigenvalue weighted by atomic mass is 10.1. The van der Waals surface area contributed by atoms with Crippen LogP contribution in [0.5, 0.6) is 0 Å². The first-order valence-electron chi connectivity index (χ1n) is 3.43. The predicted molar refractivity (Wildman–Crippen MR) is 44.6 cm³/mol. The van der Waals surface area contributed by atoms with Gasteiger partial charge in [-0.15, -0.1) is 0 Å². The summed E-state index contributed by atoms with van der Waals surface area (Å²) in [6.45, 7) is 0.237. The summed E-state index contributed by atoms with van der Waals surface area (Å²) in [5.41, 5.74) is 6.68. The Morgan fingerprint density at radius 2 is 2.00 bits per heavy atom. The van der Waals surface area contributed by atoms with Crippen LogP contribution < -0.4 is 5.73 Å². The molecule has 1 aromatic carbocycles. The lowest BCUT2D eigenvalue weighted by molar-refractivity contribution is 0.721. The molecule has 0 aliphatic heterocycles. The van der Waals surface area contributed by atoms with Crippen LogP contribution in [0.1, 0.15) is 5.56 Å². The van der Waals surface area contributed by atoms with Crippen LogP contribution in [0, 0.1) is 0 Å². The number of halogens is 1.